The Balaban J connectivity index is 1.93. The topological polar surface area (TPSA) is 56.2 Å². The Morgan fingerprint density at radius 2 is 2.04 bits per heavy atom. The van der Waals surface area contributed by atoms with Gasteiger partial charge < -0.3 is 10.1 Å². The Kier molecular flexibility index (Phi) is 6.04. The third-order valence-electron chi connectivity index (χ3n) is 3.46. The number of aryl methyl sites for hydroxylation is 2. The summed E-state index contributed by atoms with van der Waals surface area (Å²) in [5.41, 5.74) is 2.34. The molecule has 0 aliphatic heterocycles. The van der Waals surface area contributed by atoms with Crippen molar-refractivity contribution in [2.24, 2.45) is 0 Å². The minimum absolute atomic E-state index is 0.157. The van der Waals surface area contributed by atoms with Crippen LogP contribution in [0.3, 0.4) is 0 Å². The normalized spacial score (nSPS) is 10.6. The molecule has 0 saturated carbocycles. The van der Waals surface area contributed by atoms with E-state index in [1.165, 1.54) is 0 Å². The van der Waals surface area contributed by atoms with Crippen molar-refractivity contribution < 1.29 is 9.53 Å². The van der Waals surface area contributed by atoms with Crippen molar-refractivity contribution in [1.29, 1.82) is 0 Å². The van der Waals surface area contributed by atoms with E-state index in [4.69, 9.17) is 16.3 Å². The molecular weight excluding hydrogens is 314 g/mol. The monoisotopic (exact) mass is 335 g/mol. The summed E-state index contributed by atoms with van der Waals surface area (Å²) in [4.78, 5) is 11.9. The van der Waals surface area contributed by atoms with Gasteiger partial charge in [0.15, 0.2) is 6.73 Å². The number of carbonyl (C=O) groups is 1. The van der Waals surface area contributed by atoms with E-state index in [0.717, 1.165) is 34.7 Å². The molecule has 0 bridgehead atoms. The largest absolute Gasteiger partial charge is 0.471 e. The fourth-order valence-corrected chi connectivity index (χ4v) is 2.26. The van der Waals surface area contributed by atoms with Crippen LogP contribution in [0.25, 0.3) is 0 Å². The highest BCUT2D eigenvalue weighted by molar-refractivity contribution is 6.32. The molecule has 0 fully saturated rings. The molecule has 0 radical (unpaired) electrons. The van der Waals surface area contributed by atoms with E-state index in [1.807, 2.05) is 26.0 Å². The zero-order valence-corrected chi connectivity index (χ0v) is 14.5. The van der Waals surface area contributed by atoms with Crippen LogP contribution >= 0.6 is 11.6 Å². The third kappa shape index (κ3) is 4.73. The summed E-state index contributed by atoms with van der Waals surface area (Å²) in [6.07, 6.45) is 3.73. The number of halogens is 1. The average Bonchev–Trinajstić information content (AvgIpc) is 2.99. The molecule has 0 atom stereocenters. The summed E-state index contributed by atoms with van der Waals surface area (Å²) in [6.45, 7) is 6.87. The average molecular weight is 336 g/mol. The van der Waals surface area contributed by atoms with E-state index in [-0.39, 0.29) is 12.6 Å². The lowest BCUT2D eigenvalue weighted by atomic mass is 10.1. The highest BCUT2D eigenvalue weighted by Crippen LogP contribution is 2.25. The number of rotatable bonds is 7. The second-order valence-electron chi connectivity index (χ2n) is 5.49. The Morgan fingerprint density at radius 3 is 2.70 bits per heavy atom. The molecule has 1 aromatic carbocycles. The smallest absolute Gasteiger partial charge is 0.271 e. The van der Waals surface area contributed by atoms with Gasteiger partial charge in [0.2, 0.25) is 0 Å². The zero-order chi connectivity index (χ0) is 16.8. The van der Waals surface area contributed by atoms with Crippen molar-refractivity contribution in [2.45, 2.75) is 40.3 Å². The molecule has 124 valence electrons. The van der Waals surface area contributed by atoms with Crippen molar-refractivity contribution in [3.8, 4) is 5.75 Å². The lowest BCUT2D eigenvalue weighted by Crippen LogP contribution is -2.25. The van der Waals surface area contributed by atoms with Crippen LogP contribution in [0, 0.1) is 13.8 Å². The second kappa shape index (κ2) is 8.02. The van der Waals surface area contributed by atoms with Crippen LogP contribution in [0.15, 0.2) is 24.4 Å². The van der Waals surface area contributed by atoms with Crippen molar-refractivity contribution in [3.05, 3.63) is 46.2 Å². The van der Waals surface area contributed by atoms with Gasteiger partial charge in [-0.3, -0.25) is 4.79 Å². The predicted molar refractivity (Wildman–Crippen MR) is 91.0 cm³/mol. The van der Waals surface area contributed by atoms with Crippen LogP contribution in [0.4, 0.5) is 0 Å². The first-order valence-corrected chi connectivity index (χ1v) is 8.10. The molecule has 0 saturated heterocycles. The Bertz CT molecular complexity index is 659. The van der Waals surface area contributed by atoms with Gasteiger partial charge in [0, 0.05) is 17.8 Å². The maximum Gasteiger partial charge on any atom is 0.271 e. The van der Waals surface area contributed by atoms with Gasteiger partial charge in [0.05, 0.1) is 0 Å². The number of hydrogen-bond donors (Lipinski definition) is 1. The van der Waals surface area contributed by atoms with Crippen molar-refractivity contribution in [1.82, 2.24) is 15.1 Å². The van der Waals surface area contributed by atoms with Crippen molar-refractivity contribution in [3.63, 3.8) is 0 Å². The van der Waals surface area contributed by atoms with Crippen molar-refractivity contribution in [2.75, 3.05) is 6.54 Å². The number of aromatic nitrogens is 2. The molecule has 1 N–H and O–H groups in total. The van der Waals surface area contributed by atoms with E-state index in [2.05, 4.69) is 17.3 Å². The van der Waals surface area contributed by atoms with Crippen LogP contribution in [0.2, 0.25) is 5.02 Å². The standard InChI is InChI=1S/C17H22ClN3O2/c1-4-5-7-19-17(22)15-6-8-21(20-15)11-23-14-9-12(2)16(18)13(3)10-14/h6,8-10H,4-5,7,11H2,1-3H3,(H,19,22). The summed E-state index contributed by atoms with van der Waals surface area (Å²) >= 11 is 6.14. The van der Waals surface area contributed by atoms with Gasteiger partial charge in [-0.1, -0.05) is 24.9 Å². The van der Waals surface area contributed by atoms with Crippen LogP contribution in [0.5, 0.6) is 5.75 Å². The summed E-state index contributed by atoms with van der Waals surface area (Å²) < 4.78 is 7.30. The first-order valence-electron chi connectivity index (χ1n) is 7.72. The van der Waals surface area contributed by atoms with Crippen LogP contribution < -0.4 is 10.1 Å². The maximum atomic E-state index is 11.9. The molecule has 2 aromatic rings. The molecule has 1 amide bonds. The van der Waals surface area contributed by atoms with Gasteiger partial charge >= 0.3 is 0 Å². The summed E-state index contributed by atoms with van der Waals surface area (Å²) in [6, 6.07) is 5.46. The molecule has 2 rings (SSSR count). The number of nitrogens with zero attached hydrogens (tertiary/aromatic N) is 2. The fraction of sp³-hybridized carbons (Fsp3) is 0.412. The van der Waals surface area contributed by atoms with Gasteiger partial charge in [-0.15, -0.1) is 0 Å². The van der Waals surface area contributed by atoms with Gasteiger partial charge in [-0.25, -0.2) is 4.68 Å². The molecule has 0 aliphatic rings. The number of carbonyl (C=O) groups excluding carboxylic acids is 1. The number of unbranched alkanes of at least 4 members (excludes halogenated alkanes) is 1. The van der Waals surface area contributed by atoms with E-state index < -0.39 is 0 Å². The van der Waals surface area contributed by atoms with Crippen LogP contribution in [0.1, 0.15) is 41.4 Å². The van der Waals surface area contributed by atoms with E-state index >= 15 is 0 Å². The molecule has 0 unspecified atom stereocenters. The maximum absolute atomic E-state index is 11.9. The third-order valence-corrected chi connectivity index (χ3v) is 4.06. The van der Waals surface area contributed by atoms with Gasteiger partial charge in [0.25, 0.3) is 5.91 Å². The van der Waals surface area contributed by atoms with Gasteiger partial charge in [-0.05, 0) is 49.6 Å². The quantitative estimate of drug-likeness (QED) is 0.784. The summed E-state index contributed by atoms with van der Waals surface area (Å²) in [5.74, 6) is 0.573. The summed E-state index contributed by atoms with van der Waals surface area (Å²) in [7, 11) is 0. The lowest BCUT2D eigenvalue weighted by Gasteiger charge is -2.10. The molecule has 5 nitrogen and oxygen atoms in total. The number of hydrogen-bond acceptors (Lipinski definition) is 3. The SMILES string of the molecule is CCCCNC(=O)c1ccn(COc2cc(C)c(Cl)c(C)c2)n1. The van der Waals surface area contributed by atoms with E-state index in [0.29, 0.717) is 12.2 Å². The molecule has 0 aliphatic carbocycles. The highest BCUT2D eigenvalue weighted by Gasteiger charge is 2.09. The molecule has 1 aromatic heterocycles. The second-order valence-corrected chi connectivity index (χ2v) is 5.87. The number of ether oxygens (including phenoxy) is 1. The first-order chi connectivity index (χ1) is 11.0. The molecule has 6 heteroatoms. The van der Waals surface area contributed by atoms with Gasteiger partial charge in [0.1, 0.15) is 11.4 Å². The Morgan fingerprint density at radius 1 is 1.35 bits per heavy atom. The van der Waals surface area contributed by atoms with Gasteiger partial charge in [-0.2, -0.15) is 5.10 Å². The zero-order valence-electron chi connectivity index (χ0n) is 13.7. The Hall–Kier alpha value is -2.01. The Labute approximate surface area is 141 Å². The number of benzene rings is 1. The van der Waals surface area contributed by atoms with E-state index in [9.17, 15) is 4.79 Å². The lowest BCUT2D eigenvalue weighted by molar-refractivity contribution is 0.0946. The van der Waals surface area contributed by atoms with Crippen LogP contribution in [-0.2, 0) is 6.73 Å². The molecular formula is C17H22ClN3O2. The minimum atomic E-state index is -0.157. The molecule has 1 heterocycles. The fourth-order valence-electron chi connectivity index (χ4n) is 2.15. The number of nitrogens with one attached hydrogen (secondary N) is 1. The first kappa shape index (κ1) is 17.3. The van der Waals surface area contributed by atoms with E-state index in [1.54, 1.807) is 16.9 Å². The summed E-state index contributed by atoms with van der Waals surface area (Å²) in [5, 5.41) is 7.81. The minimum Gasteiger partial charge on any atom is -0.471 e. The molecule has 0 spiro atoms. The predicted octanol–water partition coefficient (Wildman–Crippen LogP) is 3.72. The highest BCUT2D eigenvalue weighted by atomic mass is 35.5. The molecule has 23 heavy (non-hydrogen) atoms. The van der Waals surface area contributed by atoms with Crippen molar-refractivity contribution >= 4 is 17.5 Å². The van der Waals surface area contributed by atoms with Crippen LogP contribution in [-0.4, -0.2) is 22.2 Å². The number of amides is 1.